The van der Waals surface area contributed by atoms with E-state index >= 15 is 0 Å². The number of ketones is 1. The van der Waals surface area contributed by atoms with Gasteiger partial charge in [-0.15, -0.1) is 0 Å². The fraction of sp³-hybridized carbons (Fsp3) is 0.222. The second-order valence-electron chi connectivity index (χ2n) is 5.32. The zero-order chi connectivity index (χ0) is 15.5. The molecule has 0 saturated carbocycles. The molecule has 22 heavy (non-hydrogen) atoms. The van der Waals surface area contributed by atoms with Gasteiger partial charge >= 0.3 is 0 Å². The van der Waals surface area contributed by atoms with Gasteiger partial charge in [0.25, 0.3) is 11.7 Å². The molecule has 0 atom stereocenters. The van der Waals surface area contributed by atoms with Crippen molar-refractivity contribution < 1.29 is 14.3 Å². The fourth-order valence-corrected chi connectivity index (χ4v) is 2.59. The number of hydrogen-bond donors (Lipinski definition) is 0. The zero-order valence-electron chi connectivity index (χ0n) is 12.4. The predicted molar refractivity (Wildman–Crippen MR) is 84.4 cm³/mol. The number of carbonyl (C=O) groups excluding carboxylic acids is 2. The van der Waals surface area contributed by atoms with Crippen molar-refractivity contribution in [3.05, 3.63) is 59.7 Å². The van der Waals surface area contributed by atoms with Crippen molar-refractivity contribution in [1.29, 1.82) is 0 Å². The summed E-state index contributed by atoms with van der Waals surface area (Å²) in [7, 11) is 0. The Kier molecular flexibility index (Phi) is 3.92. The molecule has 0 spiro atoms. The predicted octanol–water partition coefficient (Wildman–Crippen LogP) is 2.99. The van der Waals surface area contributed by atoms with E-state index in [9.17, 15) is 9.59 Å². The number of amides is 1. The molecule has 1 aliphatic rings. The molecule has 0 aliphatic carbocycles. The Labute approximate surface area is 129 Å². The third kappa shape index (κ3) is 2.72. The van der Waals surface area contributed by atoms with E-state index < -0.39 is 11.7 Å². The summed E-state index contributed by atoms with van der Waals surface area (Å²) >= 11 is 0. The van der Waals surface area contributed by atoms with Gasteiger partial charge in [0.05, 0.1) is 17.9 Å². The monoisotopic (exact) mass is 295 g/mol. The van der Waals surface area contributed by atoms with Crippen LogP contribution >= 0.6 is 0 Å². The van der Waals surface area contributed by atoms with Gasteiger partial charge in [0.1, 0.15) is 5.75 Å². The second kappa shape index (κ2) is 6.02. The normalized spacial score (nSPS) is 13.4. The van der Waals surface area contributed by atoms with E-state index in [0.29, 0.717) is 30.8 Å². The quantitative estimate of drug-likeness (QED) is 0.629. The Hall–Kier alpha value is -2.62. The van der Waals surface area contributed by atoms with Crippen LogP contribution in [0.1, 0.15) is 22.3 Å². The molecular formula is C18H17NO3. The first kappa shape index (κ1) is 14.3. The highest BCUT2D eigenvalue weighted by atomic mass is 16.5. The van der Waals surface area contributed by atoms with E-state index in [2.05, 4.69) is 0 Å². The summed E-state index contributed by atoms with van der Waals surface area (Å²) in [5, 5.41) is 0. The van der Waals surface area contributed by atoms with Crippen molar-refractivity contribution in [3.8, 4) is 5.75 Å². The van der Waals surface area contributed by atoms with Gasteiger partial charge in [0, 0.05) is 6.54 Å². The Morgan fingerprint density at radius 2 is 1.86 bits per heavy atom. The summed E-state index contributed by atoms with van der Waals surface area (Å²) < 4.78 is 5.67. The lowest BCUT2D eigenvalue weighted by Gasteiger charge is -2.16. The summed E-state index contributed by atoms with van der Waals surface area (Å²) in [5.74, 6) is -0.0452. The molecule has 1 aliphatic heterocycles. The average Bonchev–Trinajstić information content (AvgIpc) is 2.77. The van der Waals surface area contributed by atoms with Crippen LogP contribution in [-0.4, -0.2) is 24.8 Å². The molecule has 0 fully saturated rings. The Bertz CT molecular complexity index is 724. The zero-order valence-corrected chi connectivity index (χ0v) is 12.4. The first-order chi connectivity index (χ1) is 10.7. The van der Waals surface area contributed by atoms with Crippen LogP contribution in [0.15, 0.2) is 48.5 Å². The highest BCUT2D eigenvalue weighted by Gasteiger charge is 2.34. The number of fused-ring (bicyclic) bond motifs is 1. The topological polar surface area (TPSA) is 46.6 Å². The summed E-state index contributed by atoms with van der Waals surface area (Å²) in [5.41, 5.74) is 2.34. The lowest BCUT2D eigenvalue weighted by molar-refractivity contribution is -0.114. The van der Waals surface area contributed by atoms with Gasteiger partial charge in [-0.2, -0.15) is 0 Å². The maximum atomic E-state index is 12.0. The molecule has 2 aromatic carbocycles. The van der Waals surface area contributed by atoms with Crippen LogP contribution in [0.4, 0.5) is 5.69 Å². The van der Waals surface area contributed by atoms with Gasteiger partial charge in [-0.25, -0.2) is 0 Å². The van der Waals surface area contributed by atoms with Gasteiger partial charge in [-0.1, -0.05) is 24.3 Å². The van der Waals surface area contributed by atoms with Crippen LogP contribution < -0.4 is 9.64 Å². The maximum Gasteiger partial charge on any atom is 0.299 e. The van der Waals surface area contributed by atoms with E-state index in [0.717, 1.165) is 11.3 Å². The number of nitrogens with zero attached hydrogens (tertiary/aromatic N) is 1. The molecule has 1 amide bonds. The highest BCUT2D eigenvalue weighted by molar-refractivity contribution is 6.52. The minimum atomic E-state index is -0.447. The number of aryl methyl sites for hydroxylation is 1. The van der Waals surface area contributed by atoms with Crippen LogP contribution in [-0.2, 0) is 4.79 Å². The molecule has 0 radical (unpaired) electrons. The third-order valence-corrected chi connectivity index (χ3v) is 3.66. The van der Waals surface area contributed by atoms with Crippen LogP contribution in [0.2, 0.25) is 0 Å². The van der Waals surface area contributed by atoms with Crippen molar-refractivity contribution >= 4 is 17.4 Å². The number of para-hydroxylation sites is 1. The molecule has 0 aromatic heterocycles. The van der Waals surface area contributed by atoms with Crippen molar-refractivity contribution in [2.24, 2.45) is 0 Å². The Morgan fingerprint density at radius 3 is 2.68 bits per heavy atom. The lowest BCUT2D eigenvalue weighted by atomic mass is 10.1. The van der Waals surface area contributed by atoms with E-state index in [1.54, 1.807) is 18.2 Å². The summed E-state index contributed by atoms with van der Waals surface area (Å²) in [6, 6.07) is 14.9. The number of Topliss-reactive ketones (excluding diaryl/α,β-unsaturated/α-hetero) is 1. The summed E-state index contributed by atoms with van der Waals surface area (Å²) in [6.07, 6.45) is 0.668. The number of hydrogen-bond acceptors (Lipinski definition) is 3. The highest BCUT2D eigenvalue weighted by Crippen LogP contribution is 2.28. The molecule has 1 heterocycles. The number of benzene rings is 2. The van der Waals surface area contributed by atoms with E-state index in [4.69, 9.17) is 4.74 Å². The van der Waals surface area contributed by atoms with Crippen LogP contribution in [0.3, 0.4) is 0 Å². The first-order valence-electron chi connectivity index (χ1n) is 7.31. The van der Waals surface area contributed by atoms with Gasteiger partial charge < -0.3 is 9.64 Å². The Balaban J connectivity index is 1.58. The number of ether oxygens (including phenoxy) is 1. The molecular weight excluding hydrogens is 278 g/mol. The third-order valence-electron chi connectivity index (χ3n) is 3.66. The molecule has 3 rings (SSSR count). The van der Waals surface area contributed by atoms with Crippen molar-refractivity contribution in [1.82, 2.24) is 0 Å². The van der Waals surface area contributed by atoms with Gasteiger partial charge in [0.15, 0.2) is 0 Å². The SMILES string of the molecule is Cc1cccc(OCCCN2C(=O)C(=O)c3ccccc32)c1. The molecule has 0 unspecified atom stereocenters. The van der Waals surface area contributed by atoms with Crippen molar-refractivity contribution in [3.63, 3.8) is 0 Å². The van der Waals surface area contributed by atoms with Crippen LogP contribution in [0.25, 0.3) is 0 Å². The molecule has 0 saturated heterocycles. The van der Waals surface area contributed by atoms with Crippen LogP contribution in [0, 0.1) is 6.92 Å². The van der Waals surface area contributed by atoms with Gasteiger partial charge in [-0.05, 0) is 43.2 Å². The van der Waals surface area contributed by atoms with Crippen LogP contribution in [0.5, 0.6) is 5.75 Å². The van der Waals surface area contributed by atoms with E-state index in [-0.39, 0.29) is 0 Å². The second-order valence-corrected chi connectivity index (χ2v) is 5.32. The summed E-state index contributed by atoms with van der Waals surface area (Å²) in [4.78, 5) is 25.4. The van der Waals surface area contributed by atoms with Crippen molar-refractivity contribution in [2.75, 3.05) is 18.1 Å². The molecule has 0 N–H and O–H groups in total. The maximum absolute atomic E-state index is 12.0. The molecule has 0 bridgehead atoms. The van der Waals surface area contributed by atoms with E-state index in [1.807, 2.05) is 37.3 Å². The lowest BCUT2D eigenvalue weighted by Crippen LogP contribution is -2.31. The summed E-state index contributed by atoms with van der Waals surface area (Å²) in [6.45, 7) is 3.00. The van der Waals surface area contributed by atoms with Gasteiger partial charge in [-0.3, -0.25) is 9.59 Å². The Morgan fingerprint density at radius 1 is 1.05 bits per heavy atom. The largest absolute Gasteiger partial charge is 0.494 e. The smallest absolute Gasteiger partial charge is 0.299 e. The number of anilines is 1. The fourth-order valence-electron chi connectivity index (χ4n) is 2.59. The molecule has 2 aromatic rings. The standard InChI is InChI=1S/C18H17NO3/c1-13-6-4-7-14(12-13)22-11-5-10-19-16-9-3-2-8-15(16)17(20)18(19)21/h2-4,6-9,12H,5,10-11H2,1H3. The van der Waals surface area contributed by atoms with E-state index in [1.165, 1.54) is 4.90 Å². The molecule has 4 nitrogen and oxygen atoms in total. The molecule has 4 heteroatoms. The minimum absolute atomic E-state index is 0.421. The number of carbonyl (C=O) groups is 2. The molecule has 112 valence electrons. The number of rotatable bonds is 5. The average molecular weight is 295 g/mol. The van der Waals surface area contributed by atoms with Crippen molar-refractivity contribution in [2.45, 2.75) is 13.3 Å². The first-order valence-corrected chi connectivity index (χ1v) is 7.31. The van der Waals surface area contributed by atoms with Gasteiger partial charge in [0.2, 0.25) is 0 Å². The minimum Gasteiger partial charge on any atom is -0.494 e.